The van der Waals surface area contributed by atoms with Crippen molar-refractivity contribution in [2.24, 2.45) is 0 Å². The first-order chi connectivity index (χ1) is 13.9. The first kappa shape index (κ1) is 20.2. The van der Waals surface area contributed by atoms with Gasteiger partial charge in [0.25, 0.3) is 5.91 Å². The number of nitrogens with zero attached hydrogens (tertiary/aromatic N) is 1. The number of fused-ring (bicyclic) bond motifs is 1. The normalized spacial score (nSPS) is 11.7. The summed E-state index contributed by atoms with van der Waals surface area (Å²) in [4.78, 5) is 37.4. The highest BCUT2D eigenvalue weighted by Crippen LogP contribution is 2.34. The van der Waals surface area contributed by atoms with Crippen LogP contribution in [0.4, 0.5) is 5.69 Å². The molecule has 29 heavy (non-hydrogen) atoms. The van der Waals surface area contributed by atoms with Crippen molar-refractivity contribution in [3.8, 4) is 11.5 Å². The van der Waals surface area contributed by atoms with Gasteiger partial charge in [-0.05, 0) is 36.2 Å². The van der Waals surface area contributed by atoms with Gasteiger partial charge in [-0.3, -0.25) is 14.4 Å². The number of carbonyl (C=O) groups excluding carboxylic acids is 3. The fourth-order valence-corrected chi connectivity index (χ4v) is 2.78. The van der Waals surface area contributed by atoms with Gasteiger partial charge in [0.15, 0.2) is 11.5 Å². The van der Waals surface area contributed by atoms with E-state index in [1.165, 1.54) is 4.90 Å². The highest BCUT2D eigenvalue weighted by atomic mass is 16.7. The van der Waals surface area contributed by atoms with E-state index in [4.69, 9.17) is 9.47 Å². The Morgan fingerprint density at radius 1 is 0.966 bits per heavy atom. The Balaban J connectivity index is 1.40. The quantitative estimate of drug-likeness (QED) is 0.743. The third-order valence-corrected chi connectivity index (χ3v) is 4.35. The highest BCUT2D eigenvalue weighted by molar-refractivity contribution is 5.95. The molecule has 2 N–H and O–H groups in total. The van der Waals surface area contributed by atoms with Crippen molar-refractivity contribution < 1.29 is 23.9 Å². The molecule has 3 rings (SSSR count). The lowest BCUT2D eigenvalue weighted by molar-refractivity contribution is -0.124. The average Bonchev–Trinajstić information content (AvgIpc) is 3.18. The smallest absolute Gasteiger partial charge is 0.253 e. The number of amides is 3. The fraction of sp³-hybridized carbons (Fsp3) is 0.286. The number of ether oxygens (including phenoxy) is 2. The van der Waals surface area contributed by atoms with Crippen LogP contribution in [-0.4, -0.2) is 50.1 Å². The van der Waals surface area contributed by atoms with Crippen molar-refractivity contribution in [3.05, 3.63) is 53.6 Å². The third-order valence-electron chi connectivity index (χ3n) is 4.35. The zero-order valence-electron chi connectivity index (χ0n) is 16.4. The second-order valence-electron chi connectivity index (χ2n) is 6.79. The van der Waals surface area contributed by atoms with Gasteiger partial charge >= 0.3 is 0 Å². The minimum Gasteiger partial charge on any atom is -0.454 e. The van der Waals surface area contributed by atoms with Crippen LogP contribution in [-0.2, 0) is 16.0 Å². The highest BCUT2D eigenvalue weighted by Gasteiger charge is 2.14. The summed E-state index contributed by atoms with van der Waals surface area (Å²) in [6.45, 7) is 0.0427. The maximum absolute atomic E-state index is 12.0. The van der Waals surface area contributed by atoms with Gasteiger partial charge in [-0.2, -0.15) is 0 Å². The van der Waals surface area contributed by atoms with Gasteiger partial charge in [-0.25, -0.2) is 0 Å². The number of carbonyl (C=O) groups is 3. The molecule has 0 spiro atoms. The lowest BCUT2D eigenvalue weighted by Crippen LogP contribution is -2.32. The number of nitrogens with one attached hydrogen (secondary N) is 2. The van der Waals surface area contributed by atoms with Crippen LogP contribution in [0, 0.1) is 0 Å². The Morgan fingerprint density at radius 2 is 1.69 bits per heavy atom. The molecule has 8 heteroatoms. The molecule has 1 aliphatic rings. The minimum absolute atomic E-state index is 0.0669. The molecule has 1 heterocycles. The average molecular weight is 397 g/mol. The molecule has 8 nitrogen and oxygen atoms in total. The molecule has 3 amide bonds. The van der Waals surface area contributed by atoms with E-state index in [1.807, 2.05) is 12.1 Å². The zero-order chi connectivity index (χ0) is 20.8. The largest absolute Gasteiger partial charge is 0.454 e. The standard InChI is InChI=1S/C21H23N3O5/c1-24(2)21(27)15-6-3-14(4-7-15)5-10-19(25)22-12-20(26)23-16-8-9-17-18(11-16)29-13-28-17/h3-4,6-9,11H,5,10,12-13H2,1-2H3,(H,22,25)(H,23,26). The van der Waals surface area contributed by atoms with Crippen molar-refractivity contribution in [2.75, 3.05) is 32.7 Å². The zero-order valence-corrected chi connectivity index (χ0v) is 16.4. The Kier molecular flexibility index (Phi) is 6.33. The summed E-state index contributed by atoms with van der Waals surface area (Å²) in [7, 11) is 3.40. The number of hydrogen-bond acceptors (Lipinski definition) is 5. The summed E-state index contributed by atoms with van der Waals surface area (Å²) in [6.07, 6.45) is 0.768. The summed E-state index contributed by atoms with van der Waals surface area (Å²) < 4.78 is 10.5. The minimum atomic E-state index is -0.330. The summed E-state index contributed by atoms with van der Waals surface area (Å²) in [6, 6.07) is 12.2. The van der Waals surface area contributed by atoms with Crippen molar-refractivity contribution in [1.82, 2.24) is 10.2 Å². The Bertz CT molecular complexity index is 909. The van der Waals surface area contributed by atoms with Crippen molar-refractivity contribution in [3.63, 3.8) is 0 Å². The van der Waals surface area contributed by atoms with E-state index in [9.17, 15) is 14.4 Å². The van der Waals surface area contributed by atoms with Crippen LogP contribution in [0.15, 0.2) is 42.5 Å². The molecule has 0 aromatic heterocycles. The van der Waals surface area contributed by atoms with Gasteiger partial charge in [-0.1, -0.05) is 12.1 Å². The predicted octanol–water partition coefficient (Wildman–Crippen LogP) is 1.80. The lowest BCUT2D eigenvalue weighted by atomic mass is 10.1. The SMILES string of the molecule is CN(C)C(=O)c1ccc(CCC(=O)NCC(=O)Nc2ccc3c(c2)OCO3)cc1. The van der Waals surface area contributed by atoms with Crippen LogP contribution in [0.3, 0.4) is 0 Å². The summed E-state index contributed by atoms with van der Waals surface area (Å²) in [5.41, 5.74) is 2.12. The van der Waals surface area contributed by atoms with Crippen LogP contribution < -0.4 is 20.1 Å². The van der Waals surface area contributed by atoms with Crippen molar-refractivity contribution >= 4 is 23.4 Å². The van der Waals surface area contributed by atoms with E-state index >= 15 is 0 Å². The Labute approximate surface area is 168 Å². The van der Waals surface area contributed by atoms with Crippen LogP contribution in [0.1, 0.15) is 22.3 Å². The van der Waals surface area contributed by atoms with Gasteiger partial charge < -0.3 is 25.0 Å². The topological polar surface area (TPSA) is 97.0 Å². The molecule has 0 unspecified atom stereocenters. The maximum Gasteiger partial charge on any atom is 0.253 e. The van der Waals surface area contributed by atoms with E-state index in [1.54, 1.807) is 44.4 Å². The molecule has 2 aromatic carbocycles. The molecular formula is C21H23N3O5. The summed E-state index contributed by atoms with van der Waals surface area (Å²) >= 11 is 0. The van der Waals surface area contributed by atoms with Gasteiger partial charge in [0.1, 0.15) is 0 Å². The number of aryl methyl sites for hydroxylation is 1. The number of rotatable bonds is 7. The van der Waals surface area contributed by atoms with Crippen molar-refractivity contribution in [2.45, 2.75) is 12.8 Å². The molecule has 2 aromatic rings. The fourth-order valence-electron chi connectivity index (χ4n) is 2.78. The molecular weight excluding hydrogens is 374 g/mol. The second kappa shape index (κ2) is 9.09. The molecule has 0 aliphatic carbocycles. The Hall–Kier alpha value is -3.55. The van der Waals surface area contributed by atoms with Gasteiger partial charge in [0, 0.05) is 37.8 Å². The first-order valence-corrected chi connectivity index (χ1v) is 9.19. The molecule has 0 fully saturated rings. The number of benzene rings is 2. The first-order valence-electron chi connectivity index (χ1n) is 9.19. The van der Waals surface area contributed by atoms with E-state index in [0.717, 1.165) is 5.56 Å². The number of anilines is 1. The van der Waals surface area contributed by atoms with E-state index in [0.29, 0.717) is 29.2 Å². The molecule has 0 bridgehead atoms. The van der Waals surface area contributed by atoms with E-state index < -0.39 is 0 Å². The van der Waals surface area contributed by atoms with E-state index in [-0.39, 0.29) is 37.5 Å². The van der Waals surface area contributed by atoms with E-state index in [2.05, 4.69) is 10.6 Å². The summed E-state index contributed by atoms with van der Waals surface area (Å²) in [5.74, 6) is 0.589. The molecule has 1 aliphatic heterocycles. The monoisotopic (exact) mass is 397 g/mol. The van der Waals surface area contributed by atoms with Crippen LogP contribution in [0.2, 0.25) is 0 Å². The molecule has 0 saturated carbocycles. The molecule has 0 saturated heterocycles. The summed E-state index contributed by atoms with van der Waals surface area (Å²) in [5, 5.41) is 5.30. The Morgan fingerprint density at radius 3 is 2.41 bits per heavy atom. The maximum atomic E-state index is 12.0. The van der Waals surface area contributed by atoms with Gasteiger partial charge in [0.05, 0.1) is 6.54 Å². The second-order valence-corrected chi connectivity index (χ2v) is 6.79. The molecule has 152 valence electrons. The molecule has 0 atom stereocenters. The number of hydrogen-bond donors (Lipinski definition) is 2. The van der Waals surface area contributed by atoms with Crippen LogP contribution >= 0.6 is 0 Å². The lowest BCUT2D eigenvalue weighted by Gasteiger charge is -2.10. The van der Waals surface area contributed by atoms with Crippen LogP contribution in [0.25, 0.3) is 0 Å². The van der Waals surface area contributed by atoms with Gasteiger partial charge in [0.2, 0.25) is 18.6 Å². The third kappa shape index (κ3) is 5.47. The van der Waals surface area contributed by atoms with Gasteiger partial charge in [-0.15, -0.1) is 0 Å². The predicted molar refractivity (Wildman–Crippen MR) is 107 cm³/mol. The molecule has 0 radical (unpaired) electrons. The van der Waals surface area contributed by atoms with Crippen LogP contribution in [0.5, 0.6) is 11.5 Å². The van der Waals surface area contributed by atoms with Crippen molar-refractivity contribution in [1.29, 1.82) is 0 Å².